The third-order valence-electron chi connectivity index (χ3n) is 5.00. The highest BCUT2D eigenvalue weighted by atomic mass is 16.2. The van der Waals surface area contributed by atoms with Gasteiger partial charge >= 0.3 is 0 Å². The van der Waals surface area contributed by atoms with Crippen LogP contribution in [0, 0.1) is 0 Å². The van der Waals surface area contributed by atoms with Crippen LogP contribution < -0.4 is 0 Å². The molecule has 3 heterocycles. The Labute approximate surface area is 158 Å². The van der Waals surface area contributed by atoms with Crippen LogP contribution in [-0.2, 0) is 4.79 Å². The highest BCUT2D eigenvalue weighted by Crippen LogP contribution is 2.19. The molecule has 0 N–H and O–H groups in total. The first-order valence-corrected chi connectivity index (χ1v) is 9.21. The summed E-state index contributed by atoms with van der Waals surface area (Å²) in [5.41, 5.74) is 3.37. The molecule has 0 aliphatic carbocycles. The number of hydrogen-bond donors (Lipinski definition) is 0. The third-order valence-corrected chi connectivity index (χ3v) is 5.00. The highest BCUT2D eigenvalue weighted by molar-refractivity contribution is 5.94. The van der Waals surface area contributed by atoms with E-state index in [2.05, 4.69) is 4.98 Å². The van der Waals surface area contributed by atoms with Gasteiger partial charge in [0, 0.05) is 51.1 Å². The molecule has 2 amide bonds. The molecular weight excluding hydrogens is 340 g/mol. The zero-order chi connectivity index (χ0) is 18.8. The summed E-state index contributed by atoms with van der Waals surface area (Å²) in [7, 11) is 0. The summed E-state index contributed by atoms with van der Waals surface area (Å²) in [5, 5.41) is 0. The minimum absolute atomic E-state index is 0.00253. The van der Waals surface area contributed by atoms with Gasteiger partial charge in [0.05, 0.1) is 11.3 Å². The van der Waals surface area contributed by atoms with Crippen molar-refractivity contribution in [3.63, 3.8) is 0 Å². The molecule has 0 radical (unpaired) electrons. The first-order chi connectivity index (χ1) is 13.1. The van der Waals surface area contributed by atoms with E-state index < -0.39 is 0 Å². The standard InChI is InChI=1S/C21H22N4O2/c1-16(26)23-10-5-11-24(13-12-23)21(27)18-8-9-20-22-19(15-25(20)14-18)17-6-3-2-4-7-17/h2-4,6-9,14-15H,5,10-13H2,1H3. The Morgan fingerprint density at radius 2 is 1.63 bits per heavy atom. The Bertz CT molecular complexity index is 980. The lowest BCUT2D eigenvalue weighted by atomic mass is 10.2. The molecule has 4 rings (SSSR count). The van der Waals surface area contributed by atoms with E-state index in [1.165, 1.54) is 0 Å². The van der Waals surface area contributed by atoms with Gasteiger partial charge in [-0.1, -0.05) is 30.3 Å². The number of carbonyl (C=O) groups is 2. The van der Waals surface area contributed by atoms with Crippen LogP contribution in [0.3, 0.4) is 0 Å². The van der Waals surface area contributed by atoms with Crippen molar-refractivity contribution < 1.29 is 9.59 Å². The van der Waals surface area contributed by atoms with Gasteiger partial charge in [-0.2, -0.15) is 0 Å². The largest absolute Gasteiger partial charge is 0.341 e. The molecule has 138 valence electrons. The fourth-order valence-electron chi connectivity index (χ4n) is 3.48. The van der Waals surface area contributed by atoms with Gasteiger partial charge in [0.1, 0.15) is 5.65 Å². The number of amides is 2. The van der Waals surface area contributed by atoms with Gasteiger partial charge < -0.3 is 14.2 Å². The SMILES string of the molecule is CC(=O)N1CCCN(C(=O)c2ccc3nc(-c4ccccc4)cn3c2)CC1. The Balaban J connectivity index is 1.56. The fourth-order valence-corrected chi connectivity index (χ4v) is 3.48. The zero-order valence-corrected chi connectivity index (χ0v) is 15.3. The zero-order valence-electron chi connectivity index (χ0n) is 15.3. The average molecular weight is 362 g/mol. The van der Waals surface area contributed by atoms with Crippen molar-refractivity contribution in [2.45, 2.75) is 13.3 Å². The molecule has 0 spiro atoms. The predicted molar refractivity (Wildman–Crippen MR) is 103 cm³/mol. The first-order valence-electron chi connectivity index (χ1n) is 9.21. The van der Waals surface area contributed by atoms with E-state index in [1.807, 2.05) is 64.2 Å². The van der Waals surface area contributed by atoms with Crippen molar-refractivity contribution in [1.82, 2.24) is 19.2 Å². The molecule has 2 aromatic heterocycles. The van der Waals surface area contributed by atoms with Gasteiger partial charge in [-0.05, 0) is 18.6 Å². The second-order valence-corrected chi connectivity index (χ2v) is 6.83. The molecule has 6 nitrogen and oxygen atoms in total. The Kier molecular flexibility index (Phi) is 4.62. The second-order valence-electron chi connectivity index (χ2n) is 6.83. The maximum absolute atomic E-state index is 12.9. The van der Waals surface area contributed by atoms with Crippen molar-refractivity contribution in [1.29, 1.82) is 0 Å². The van der Waals surface area contributed by atoms with Crippen LogP contribution in [0.5, 0.6) is 0 Å². The van der Waals surface area contributed by atoms with E-state index in [0.29, 0.717) is 31.7 Å². The van der Waals surface area contributed by atoms with Crippen molar-refractivity contribution in [3.05, 3.63) is 60.4 Å². The number of nitrogens with zero attached hydrogens (tertiary/aromatic N) is 4. The van der Waals surface area contributed by atoms with Gasteiger partial charge in [-0.3, -0.25) is 9.59 Å². The lowest BCUT2D eigenvalue weighted by Gasteiger charge is -2.21. The van der Waals surface area contributed by atoms with Crippen molar-refractivity contribution in [2.24, 2.45) is 0 Å². The van der Waals surface area contributed by atoms with Crippen LogP contribution in [-0.4, -0.2) is 57.2 Å². The second kappa shape index (κ2) is 7.23. The van der Waals surface area contributed by atoms with Crippen molar-refractivity contribution in [3.8, 4) is 11.3 Å². The lowest BCUT2D eigenvalue weighted by molar-refractivity contribution is -0.128. The van der Waals surface area contributed by atoms with Gasteiger partial charge in [0.2, 0.25) is 5.91 Å². The van der Waals surface area contributed by atoms with E-state index in [-0.39, 0.29) is 11.8 Å². The number of pyridine rings is 1. The number of carbonyl (C=O) groups excluding carboxylic acids is 2. The Morgan fingerprint density at radius 3 is 2.41 bits per heavy atom. The van der Waals surface area contributed by atoms with Crippen molar-refractivity contribution in [2.75, 3.05) is 26.2 Å². The van der Waals surface area contributed by atoms with Gasteiger partial charge in [-0.15, -0.1) is 0 Å². The minimum atomic E-state index is -0.00253. The number of aromatic nitrogens is 2. The van der Waals surface area contributed by atoms with Crippen LogP contribution in [0.1, 0.15) is 23.7 Å². The summed E-state index contributed by atoms with van der Waals surface area (Å²) in [6.45, 7) is 4.11. The monoisotopic (exact) mass is 362 g/mol. The topological polar surface area (TPSA) is 57.9 Å². The van der Waals surface area contributed by atoms with Gasteiger partial charge in [-0.25, -0.2) is 4.98 Å². The fraction of sp³-hybridized carbons (Fsp3) is 0.286. The van der Waals surface area contributed by atoms with Gasteiger partial charge in [0.25, 0.3) is 5.91 Å². The highest BCUT2D eigenvalue weighted by Gasteiger charge is 2.21. The van der Waals surface area contributed by atoms with E-state index in [4.69, 9.17) is 0 Å². The predicted octanol–water partition coefficient (Wildman–Crippen LogP) is 2.70. The van der Waals surface area contributed by atoms with Crippen LogP contribution in [0.15, 0.2) is 54.9 Å². The van der Waals surface area contributed by atoms with E-state index in [1.54, 1.807) is 11.8 Å². The number of hydrogen-bond acceptors (Lipinski definition) is 3. The van der Waals surface area contributed by atoms with Crippen molar-refractivity contribution >= 4 is 17.5 Å². The summed E-state index contributed by atoms with van der Waals surface area (Å²) in [6, 6.07) is 13.7. The molecule has 0 saturated carbocycles. The average Bonchev–Trinajstić information content (AvgIpc) is 2.95. The molecule has 1 aromatic carbocycles. The molecule has 27 heavy (non-hydrogen) atoms. The van der Waals surface area contributed by atoms with Crippen LogP contribution in [0.4, 0.5) is 0 Å². The molecule has 0 bridgehead atoms. The van der Waals surface area contributed by atoms with E-state index >= 15 is 0 Å². The first kappa shape index (κ1) is 17.3. The number of imidazole rings is 1. The molecule has 3 aromatic rings. The lowest BCUT2D eigenvalue weighted by Crippen LogP contribution is -2.36. The minimum Gasteiger partial charge on any atom is -0.341 e. The smallest absolute Gasteiger partial charge is 0.255 e. The Morgan fingerprint density at radius 1 is 0.889 bits per heavy atom. The normalized spacial score (nSPS) is 15.0. The molecular formula is C21H22N4O2. The van der Waals surface area contributed by atoms with Crippen LogP contribution >= 0.6 is 0 Å². The number of rotatable bonds is 2. The number of benzene rings is 1. The molecule has 1 fully saturated rings. The molecule has 0 unspecified atom stereocenters. The summed E-state index contributed by atoms with van der Waals surface area (Å²) in [6.07, 6.45) is 4.59. The Hall–Kier alpha value is -3.15. The van der Waals surface area contributed by atoms with E-state index in [9.17, 15) is 9.59 Å². The maximum atomic E-state index is 12.9. The summed E-state index contributed by atoms with van der Waals surface area (Å²) >= 11 is 0. The number of fused-ring (bicyclic) bond motifs is 1. The molecule has 1 aliphatic rings. The third kappa shape index (κ3) is 3.56. The quantitative estimate of drug-likeness (QED) is 0.704. The molecule has 1 saturated heterocycles. The maximum Gasteiger partial charge on any atom is 0.255 e. The molecule has 1 aliphatic heterocycles. The van der Waals surface area contributed by atoms with Gasteiger partial charge in [0.15, 0.2) is 0 Å². The molecule has 0 atom stereocenters. The summed E-state index contributed by atoms with van der Waals surface area (Å²) < 4.78 is 1.90. The summed E-state index contributed by atoms with van der Waals surface area (Å²) in [5.74, 6) is 0.0647. The van der Waals surface area contributed by atoms with Crippen LogP contribution in [0.25, 0.3) is 16.9 Å². The van der Waals surface area contributed by atoms with Crippen LogP contribution in [0.2, 0.25) is 0 Å². The molecule has 6 heteroatoms. The summed E-state index contributed by atoms with van der Waals surface area (Å²) in [4.78, 5) is 32.8. The van der Waals surface area contributed by atoms with E-state index in [0.717, 1.165) is 23.3 Å².